The van der Waals surface area contributed by atoms with Gasteiger partial charge in [-0.2, -0.15) is 13.2 Å². The molecule has 0 heterocycles. The summed E-state index contributed by atoms with van der Waals surface area (Å²) in [4.78, 5) is 11.0. The molecule has 1 rings (SSSR count). The van der Waals surface area contributed by atoms with Gasteiger partial charge >= 0.3 is 6.18 Å². The van der Waals surface area contributed by atoms with Crippen molar-refractivity contribution in [3.05, 3.63) is 47.5 Å². The molecule has 19 heavy (non-hydrogen) atoms. The van der Waals surface area contributed by atoms with E-state index < -0.39 is 11.7 Å². The SMILES string of the molecule is C/C=C/C(=O)NCC#Cc1cccc(C(F)(F)F)c1. The Morgan fingerprint density at radius 3 is 2.79 bits per heavy atom. The molecule has 0 aliphatic heterocycles. The Morgan fingerprint density at radius 2 is 2.16 bits per heavy atom. The van der Waals surface area contributed by atoms with Gasteiger partial charge in [-0.1, -0.05) is 24.0 Å². The highest BCUT2D eigenvalue weighted by atomic mass is 19.4. The predicted molar refractivity (Wildman–Crippen MR) is 66.1 cm³/mol. The lowest BCUT2D eigenvalue weighted by Gasteiger charge is -2.05. The molecular weight excluding hydrogens is 255 g/mol. The fourth-order valence-corrected chi connectivity index (χ4v) is 1.26. The van der Waals surface area contributed by atoms with Gasteiger partial charge in [0.25, 0.3) is 0 Å². The third kappa shape index (κ3) is 5.30. The number of hydrogen-bond acceptors (Lipinski definition) is 1. The Morgan fingerprint density at radius 1 is 1.42 bits per heavy atom. The molecule has 1 N–H and O–H groups in total. The lowest BCUT2D eigenvalue weighted by Crippen LogP contribution is -2.20. The second kappa shape index (κ2) is 6.64. The topological polar surface area (TPSA) is 29.1 Å². The van der Waals surface area contributed by atoms with Gasteiger partial charge in [0.15, 0.2) is 0 Å². The fraction of sp³-hybridized carbons (Fsp3) is 0.214. The molecule has 0 atom stereocenters. The van der Waals surface area contributed by atoms with Gasteiger partial charge in [-0.15, -0.1) is 0 Å². The maximum absolute atomic E-state index is 12.4. The number of alkyl halides is 3. The first-order valence-corrected chi connectivity index (χ1v) is 5.50. The summed E-state index contributed by atoms with van der Waals surface area (Å²) in [6, 6.07) is 4.74. The molecule has 100 valence electrons. The summed E-state index contributed by atoms with van der Waals surface area (Å²) in [5.41, 5.74) is -0.479. The van der Waals surface area contributed by atoms with Crippen molar-refractivity contribution in [3.8, 4) is 11.8 Å². The van der Waals surface area contributed by atoms with Crippen LogP contribution in [0.4, 0.5) is 13.2 Å². The Balaban J connectivity index is 2.66. The minimum absolute atomic E-state index is 0.0828. The summed E-state index contributed by atoms with van der Waals surface area (Å²) < 4.78 is 37.3. The summed E-state index contributed by atoms with van der Waals surface area (Å²) in [7, 11) is 0. The standard InChI is InChI=1S/C14H12F3NO/c1-2-5-13(19)18-9-4-7-11-6-3-8-12(10-11)14(15,16)17/h2-3,5-6,8,10H,9H2,1H3,(H,18,19)/b5-2+. The third-order valence-electron chi connectivity index (χ3n) is 2.09. The van der Waals surface area contributed by atoms with E-state index in [4.69, 9.17) is 0 Å². The Kier molecular flexibility index (Phi) is 5.19. The van der Waals surface area contributed by atoms with E-state index in [9.17, 15) is 18.0 Å². The Labute approximate surface area is 109 Å². The van der Waals surface area contributed by atoms with Crippen LogP contribution in [0.3, 0.4) is 0 Å². The van der Waals surface area contributed by atoms with Gasteiger partial charge in [-0.05, 0) is 31.2 Å². The molecule has 2 nitrogen and oxygen atoms in total. The molecule has 0 aromatic heterocycles. The normalized spacial score (nSPS) is 10.9. The highest BCUT2D eigenvalue weighted by molar-refractivity contribution is 5.87. The molecule has 0 aliphatic rings. The number of carbonyl (C=O) groups excluding carboxylic acids is 1. The minimum atomic E-state index is -4.38. The van der Waals surface area contributed by atoms with Crippen molar-refractivity contribution in [2.45, 2.75) is 13.1 Å². The van der Waals surface area contributed by atoms with Gasteiger partial charge in [0.1, 0.15) is 0 Å². The quantitative estimate of drug-likeness (QED) is 0.648. The molecule has 0 saturated carbocycles. The number of rotatable bonds is 2. The monoisotopic (exact) mass is 267 g/mol. The van der Waals surface area contributed by atoms with Crippen molar-refractivity contribution >= 4 is 5.91 Å². The van der Waals surface area contributed by atoms with Gasteiger partial charge in [0.2, 0.25) is 5.91 Å². The van der Waals surface area contributed by atoms with Gasteiger partial charge < -0.3 is 5.32 Å². The lowest BCUT2D eigenvalue weighted by atomic mass is 10.1. The van der Waals surface area contributed by atoms with Crippen molar-refractivity contribution in [2.24, 2.45) is 0 Å². The zero-order valence-corrected chi connectivity index (χ0v) is 10.2. The van der Waals surface area contributed by atoms with E-state index in [1.165, 1.54) is 18.2 Å². The van der Waals surface area contributed by atoms with E-state index in [1.807, 2.05) is 0 Å². The average Bonchev–Trinajstić information content (AvgIpc) is 2.34. The number of nitrogens with one attached hydrogen (secondary N) is 1. The summed E-state index contributed by atoms with van der Waals surface area (Å²) >= 11 is 0. The van der Waals surface area contributed by atoms with Crippen LogP contribution in [-0.4, -0.2) is 12.5 Å². The number of halogens is 3. The molecule has 0 saturated heterocycles. The number of amides is 1. The number of allylic oxidation sites excluding steroid dienone is 1. The van der Waals surface area contributed by atoms with E-state index >= 15 is 0 Å². The van der Waals surface area contributed by atoms with Crippen LogP contribution in [0, 0.1) is 11.8 Å². The minimum Gasteiger partial charge on any atom is -0.342 e. The number of carbonyl (C=O) groups is 1. The second-order valence-corrected chi connectivity index (χ2v) is 3.60. The maximum Gasteiger partial charge on any atom is 0.416 e. The third-order valence-corrected chi connectivity index (χ3v) is 2.09. The first-order valence-electron chi connectivity index (χ1n) is 5.50. The molecular formula is C14H12F3NO. The number of benzene rings is 1. The summed E-state index contributed by atoms with van der Waals surface area (Å²) in [6.07, 6.45) is -1.46. The van der Waals surface area contributed by atoms with E-state index in [-0.39, 0.29) is 18.0 Å². The van der Waals surface area contributed by atoms with Crippen molar-refractivity contribution in [1.82, 2.24) is 5.32 Å². The molecule has 1 aromatic rings. The lowest BCUT2D eigenvalue weighted by molar-refractivity contribution is -0.137. The van der Waals surface area contributed by atoms with Crippen LogP contribution in [0.1, 0.15) is 18.1 Å². The average molecular weight is 267 g/mol. The molecule has 0 bridgehead atoms. The van der Waals surface area contributed by atoms with Crippen molar-refractivity contribution < 1.29 is 18.0 Å². The zero-order chi connectivity index (χ0) is 14.3. The largest absolute Gasteiger partial charge is 0.416 e. The first kappa shape index (κ1) is 14.8. The van der Waals surface area contributed by atoms with Crippen LogP contribution in [0.25, 0.3) is 0 Å². The molecule has 0 fully saturated rings. The highest BCUT2D eigenvalue weighted by Crippen LogP contribution is 2.29. The molecule has 1 aromatic carbocycles. The molecule has 1 amide bonds. The van der Waals surface area contributed by atoms with Crippen LogP contribution in [0.15, 0.2) is 36.4 Å². The van der Waals surface area contributed by atoms with Gasteiger partial charge in [0, 0.05) is 5.56 Å². The van der Waals surface area contributed by atoms with Crippen LogP contribution >= 0.6 is 0 Å². The van der Waals surface area contributed by atoms with E-state index in [2.05, 4.69) is 17.2 Å². The molecule has 0 aliphatic carbocycles. The Bertz CT molecular complexity index is 536. The van der Waals surface area contributed by atoms with Crippen molar-refractivity contribution in [1.29, 1.82) is 0 Å². The molecule has 0 radical (unpaired) electrons. The summed E-state index contributed by atoms with van der Waals surface area (Å²) in [5, 5.41) is 2.48. The molecule has 0 unspecified atom stereocenters. The molecule has 5 heteroatoms. The van der Waals surface area contributed by atoms with Gasteiger partial charge in [-0.25, -0.2) is 0 Å². The van der Waals surface area contributed by atoms with Crippen molar-refractivity contribution in [3.63, 3.8) is 0 Å². The predicted octanol–water partition coefficient (Wildman–Crippen LogP) is 2.75. The summed E-state index contributed by atoms with van der Waals surface area (Å²) in [6.45, 7) is 1.79. The number of hydrogen-bond donors (Lipinski definition) is 1. The van der Waals surface area contributed by atoms with Crippen LogP contribution in [0.2, 0.25) is 0 Å². The van der Waals surface area contributed by atoms with E-state index in [0.717, 1.165) is 12.1 Å². The van der Waals surface area contributed by atoms with E-state index in [0.29, 0.717) is 0 Å². The second-order valence-electron chi connectivity index (χ2n) is 3.60. The van der Waals surface area contributed by atoms with Gasteiger partial charge in [-0.3, -0.25) is 4.79 Å². The smallest absolute Gasteiger partial charge is 0.342 e. The van der Waals surface area contributed by atoms with Crippen LogP contribution in [0.5, 0.6) is 0 Å². The zero-order valence-electron chi connectivity index (χ0n) is 10.2. The van der Waals surface area contributed by atoms with E-state index in [1.54, 1.807) is 13.0 Å². The first-order chi connectivity index (χ1) is 8.93. The fourth-order valence-electron chi connectivity index (χ4n) is 1.26. The summed E-state index contributed by atoms with van der Waals surface area (Å²) in [5.74, 6) is 4.86. The maximum atomic E-state index is 12.4. The highest BCUT2D eigenvalue weighted by Gasteiger charge is 2.30. The van der Waals surface area contributed by atoms with Gasteiger partial charge in [0.05, 0.1) is 12.1 Å². The molecule has 0 spiro atoms. The van der Waals surface area contributed by atoms with Crippen molar-refractivity contribution in [2.75, 3.05) is 6.54 Å². The van der Waals surface area contributed by atoms with Crippen LogP contribution < -0.4 is 5.32 Å². The Hall–Kier alpha value is -2.22. The van der Waals surface area contributed by atoms with Crippen LogP contribution in [-0.2, 0) is 11.0 Å².